The molecule has 3 aromatic heterocycles. The third-order valence-electron chi connectivity index (χ3n) is 3.05. The predicted octanol–water partition coefficient (Wildman–Crippen LogP) is 1.62. The molecule has 0 amide bonds. The van der Waals surface area contributed by atoms with E-state index in [0.717, 1.165) is 4.47 Å². The fourth-order valence-electron chi connectivity index (χ4n) is 1.94. The second-order valence-electron chi connectivity index (χ2n) is 4.73. The molecule has 0 saturated carbocycles. The lowest BCUT2D eigenvalue weighted by molar-refractivity contribution is -0.385. The van der Waals surface area contributed by atoms with E-state index in [9.17, 15) is 10.1 Å². The normalized spacial score (nSPS) is 11.0. The standard InChI is InChI=1S/C12H12BrN7O3/c13-9-5-14-18(7-9)3-1-11-16-17-12(23-11)2-4-19-8-10(6-15-19)20(21)22/h5-8H,1-4H2. The first-order valence-electron chi connectivity index (χ1n) is 6.76. The van der Waals surface area contributed by atoms with Crippen LogP contribution in [0.2, 0.25) is 0 Å². The fraction of sp³-hybridized carbons (Fsp3) is 0.333. The van der Waals surface area contributed by atoms with Crippen molar-refractivity contribution in [3.05, 3.63) is 51.2 Å². The summed E-state index contributed by atoms with van der Waals surface area (Å²) in [5.41, 5.74) is -0.0402. The first-order chi connectivity index (χ1) is 11.1. The zero-order valence-electron chi connectivity index (χ0n) is 11.9. The molecule has 0 saturated heterocycles. The van der Waals surface area contributed by atoms with Crippen LogP contribution in [0.25, 0.3) is 0 Å². The number of rotatable bonds is 7. The minimum absolute atomic E-state index is 0.0402. The molecule has 0 bridgehead atoms. The number of hydrogen-bond acceptors (Lipinski definition) is 7. The van der Waals surface area contributed by atoms with E-state index in [1.54, 1.807) is 10.9 Å². The summed E-state index contributed by atoms with van der Waals surface area (Å²) in [6.07, 6.45) is 7.19. The molecular formula is C12H12BrN7O3. The van der Waals surface area contributed by atoms with Crippen molar-refractivity contribution in [3.63, 3.8) is 0 Å². The Balaban J connectivity index is 1.51. The van der Waals surface area contributed by atoms with Gasteiger partial charge in [-0.15, -0.1) is 10.2 Å². The Morgan fingerprint density at radius 1 is 1.09 bits per heavy atom. The molecule has 23 heavy (non-hydrogen) atoms. The zero-order valence-corrected chi connectivity index (χ0v) is 13.5. The molecule has 3 aromatic rings. The molecule has 0 aliphatic carbocycles. The van der Waals surface area contributed by atoms with Gasteiger partial charge in [0, 0.05) is 32.1 Å². The van der Waals surface area contributed by atoms with E-state index in [2.05, 4.69) is 36.3 Å². The van der Waals surface area contributed by atoms with E-state index >= 15 is 0 Å². The summed E-state index contributed by atoms with van der Waals surface area (Å²) in [6.45, 7) is 1.07. The van der Waals surface area contributed by atoms with Crippen molar-refractivity contribution < 1.29 is 9.34 Å². The van der Waals surface area contributed by atoms with Gasteiger partial charge in [0.1, 0.15) is 12.4 Å². The summed E-state index contributed by atoms with van der Waals surface area (Å²) in [4.78, 5) is 10.1. The Hall–Kier alpha value is -2.56. The van der Waals surface area contributed by atoms with E-state index in [1.165, 1.54) is 17.1 Å². The molecule has 0 N–H and O–H groups in total. The first kappa shape index (κ1) is 15.3. The van der Waals surface area contributed by atoms with Crippen LogP contribution in [0.4, 0.5) is 5.69 Å². The van der Waals surface area contributed by atoms with Crippen LogP contribution >= 0.6 is 15.9 Å². The summed E-state index contributed by atoms with van der Waals surface area (Å²) in [6, 6.07) is 0. The number of aryl methyl sites for hydroxylation is 4. The minimum atomic E-state index is -0.484. The maximum atomic E-state index is 10.6. The Morgan fingerprint density at radius 2 is 1.70 bits per heavy atom. The van der Waals surface area contributed by atoms with Gasteiger partial charge in [-0.2, -0.15) is 10.2 Å². The monoisotopic (exact) mass is 381 g/mol. The van der Waals surface area contributed by atoms with Crippen molar-refractivity contribution in [2.45, 2.75) is 25.9 Å². The molecular weight excluding hydrogens is 370 g/mol. The van der Waals surface area contributed by atoms with E-state index in [-0.39, 0.29) is 5.69 Å². The second-order valence-corrected chi connectivity index (χ2v) is 5.65. The van der Waals surface area contributed by atoms with E-state index in [1.807, 2.05) is 6.20 Å². The molecule has 0 spiro atoms. The Labute approximate surface area is 138 Å². The molecule has 0 radical (unpaired) electrons. The number of aromatic nitrogens is 6. The molecule has 10 nitrogen and oxygen atoms in total. The highest BCUT2D eigenvalue weighted by Gasteiger charge is 2.11. The third kappa shape index (κ3) is 4.00. The van der Waals surface area contributed by atoms with Crippen molar-refractivity contribution in [2.75, 3.05) is 0 Å². The molecule has 3 heterocycles. The van der Waals surface area contributed by atoms with Crippen LogP contribution in [-0.4, -0.2) is 34.7 Å². The average molecular weight is 382 g/mol. The van der Waals surface area contributed by atoms with Crippen molar-refractivity contribution in [3.8, 4) is 0 Å². The Kier molecular flexibility index (Phi) is 4.46. The zero-order chi connectivity index (χ0) is 16.2. The smallest absolute Gasteiger partial charge is 0.306 e. The van der Waals surface area contributed by atoms with Crippen molar-refractivity contribution in [1.29, 1.82) is 0 Å². The highest BCUT2D eigenvalue weighted by atomic mass is 79.9. The van der Waals surface area contributed by atoms with Gasteiger partial charge < -0.3 is 4.42 Å². The lowest BCUT2D eigenvalue weighted by atomic mass is 10.4. The summed E-state index contributed by atoms with van der Waals surface area (Å²) < 4.78 is 9.70. The molecule has 0 aliphatic rings. The van der Waals surface area contributed by atoms with Gasteiger partial charge >= 0.3 is 5.69 Å². The molecule has 0 fully saturated rings. The van der Waals surface area contributed by atoms with Gasteiger partial charge in [-0.3, -0.25) is 19.5 Å². The topological polar surface area (TPSA) is 118 Å². The number of nitro groups is 1. The number of halogens is 1. The molecule has 0 aliphatic heterocycles. The lowest BCUT2D eigenvalue weighted by Crippen LogP contribution is -2.02. The van der Waals surface area contributed by atoms with Gasteiger partial charge in [0.15, 0.2) is 0 Å². The molecule has 0 unspecified atom stereocenters. The summed E-state index contributed by atoms with van der Waals surface area (Å²) in [5.74, 6) is 0.998. The average Bonchev–Trinajstić information content (AvgIpc) is 3.24. The molecule has 0 aromatic carbocycles. The second kappa shape index (κ2) is 6.69. The maximum Gasteiger partial charge on any atom is 0.306 e. The number of nitrogens with zero attached hydrogens (tertiary/aromatic N) is 7. The van der Waals surface area contributed by atoms with E-state index < -0.39 is 4.92 Å². The Morgan fingerprint density at radius 3 is 2.22 bits per heavy atom. The highest BCUT2D eigenvalue weighted by molar-refractivity contribution is 9.10. The first-order valence-corrected chi connectivity index (χ1v) is 7.55. The van der Waals surface area contributed by atoms with Crippen LogP contribution in [0.3, 0.4) is 0 Å². The predicted molar refractivity (Wildman–Crippen MR) is 80.5 cm³/mol. The maximum absolute atomic E-state index is 10.6. The molecule has 11 heteroatoms. The SMILES string of the molecule is O=[N+]([O-])c1cnn(CCc2nnc(CCn3cc(Br)cn3)o2)c1. The quantitative estimate of drug-likeness (QED) is 0.450. The Bertz CT molecular complexity index is 809. The van der Waals surface area contributed by atoms with Crippen LogP contribution < -0.4 is 0 Å². The van der Waals surface area contributed by atoms with Gasteiger partial charge in [0.05, 0.1) is 15.6 Å². The van der Waals surface area contributed by atoms with Gasteiger partial charge in [-0.05, 0) is 15.9 Å². The van der Waals surface area contributed by atoms with E-state index in [0.29, 0.717) is 37.7 Å². The van der Waals surface area contributed by atoms with Crippen LogP contribution in [0, 0.1) is 10.1 Å². The van der Waals surface area contributed by atoms with Crippen LogP contribution in [-0.2, 0) is 25.9 Å². The minimum Gasteiger partial charge on any atom is -0.425 e. The fourth-order valence-corrected chi connectivity index (χ4v) is 2.27. The van der Waals surface area contributed by atoms with Crippen LogP contribution in [0.5, 0.6) is 0 Å². The van der Waals surface area contributed by atoms with Crippen LogP contribution in [0.15, 0.2) is 33.7 Å². The van der Waals surface area contributed by atoms with Crippen LogP contribution in [0.1, 0.15) is 11.8 Å². The van der Waals surface area contributed by atoms with Gasteiger partial charge in [-0.25, -0.2) is 0 Å². The molecule has 3 rings (SSSR count). The summed E-state index contributed by atoms with van der Waals surface area (Å²) in [5, 5.41) is 26.6. The largest absolute Gasteiger partial charge is 0.425 e. The van der Waals surface area contributed by atoms with E-state index in [4.69, 9.17) is 4.42 Å². The van der Waals surface area contributed by atoms with Gasteiger partial charge in [0.2, 0.25) is 11.8 Å². The molecule has 120 valence electrons. The summed E-state index contributed by atoms with van der Waals surface area (Å²) >= 11 is 3.33. The summed E-state index contributed by atoms with van der Waals surface area (Å²) in [7, 11) is 0. The molecule has 0 atom stereocenters. The van der Waals surface area contributed by atoms with Crippen molar-refractivity contribution >= 4 is 21.6 Å². The highest BCUT2D eigenvalue weighted by Crippen LogP contribution is 2.10. The van der Waals surface area contributed by atoms with Gasteiger partial charge in [-0.1, -0.05) is 0 Å². The van der Waals surface area contributed by atoms with Gasteiger partial charge in [0.25, 0.3) is 0 Å². The third-order valence-corrected chi connectivity index (χ3v) is 3.46. The lowest BCUT2D eigenvalue weighted by Gasteiger charge is -1.97. The van der Waals surface area contributed by atoms with Crippen molar-refractivity contribution in [1.82, 2.24) is 29.8 Å². The van der Waals surface area contributed by atoms with Crippen molar-refractivity contribution in [2.24, 2.45) is 0 Å². The number of hydrogen-bond donors (Lipinski definition) is 0.